The zero-order chi connectivity index (χ0) is 21.4. The van der Waals surface area contributed by atoms with Crippen molar-refractivity contribution in [2.75, 3.05) is 40.3 Å². The molecule has 4 atom stereocenters. The summed E-state index contributed by atoms with van der Waals surface area (Å²) in [6, 6.07) is 5.10. The number of amidine groups is 1. The fourth-order valence-electron chi connectivity index (χ4n) is 5.64. The lowest BCUT2D eigenvalue weighted by Crippen LogP contribution is -2.49. The Kier molecular flexibility index (Phi) is 5.82. The Labute approximate surface area is 185 Å². The number of nitrogens with one attached hydrogen (secondary N) is 1. The second-order valence-electron chi connectivity index (χ2n) is 9.17. The van der Waals surface area contributed by atoms with Crippen LogP contribution in [0.3, 0.4) is 0 Å². The number of allylic oxidation sites excluding steroid dienone is 2. The van der Waals surface area contributed by atoms with E-state index in [-0.39, 0.29) is 18.7 Å². The van der Waals surface area contributed by atoms with Gasteiger partial charge in [-0.1, -0.05) is 12.1 Å². The number of aliphatic hydroxyl groups is 1. The van der Waals surface area contributed by atoms with Gasteiger partial charge in [-0.05, 0) is 63.6 Å². The predicted molar refractivity (Wildman–Crippen MR) is 123 cm³/mol. The van der Waals surface area contributed by atoms with Crippen LogP contribution in [0, 0.1) is 0 Å². The highest BCUT2D eigenvalue weighted by atomic mass is 16.3. The van der Waals surface area contributed by atoms with Crippen molar-refractivity contribution in [2.24, 2.45) is 4.99 Å². The maximum atomic E-state index is 10.4. The summed E-state index contributed by atoms with van der Waals surface area (Å²) in [6.07, 6.45) is 12.8. The number of aromatic nitrogens is 1. The smallest absolute Gasteiger partial charge is 0.129 e. The van der Waals surface area contributed by atoms with Crippen LogP contribution < -0.4 is 5.32 Å². The molecule has 4 aliphatic rings. The molecule has 2 N–H and O–H groups in total. The monoisotopic (exact) mass is 422 g/mol. The van der Waals surface area contributed by atoms with Crippen LogP contribution in [-0.4, -0.2) is 89.1 Å². The Hall–Kier alpha value is -2.22. The minimum absolute atomic E-state index is 0.0333. The van der Waals surface area contributed by atoms with Gasteiger partial charge in [0.05, 0.1) is 30.4 Å². The van der Waals surface area contributed by atoms with E-state index >= 15 is 0 Å². The van der Waals surface area contributed by atoms with Crippen LogP contribution in [0.4, 0.5) is 0 Å². The quantitative estimate of drug-likeness (QED) is 0.725. The normalized spacial score (nSPS) is 29.8. The molecule has 0 amide bonds. The summed E-state index contributed by atoms with van der Waals surface area (Å²) in [4.78, 5) is 16.9. The van der Waals surface area contributed by atoms with Crippen LogP contribution >= 0.6 is 0 Å². The van der Waals surface area contributed by atoms with E-state index < -0.39 is 0 Å². The Morgan fingerprint density at radius 1 is 1.32 bits per heavy atom. The molecule has 1 aromatic heterocycles. The SMILES string of the molecule is CN[C@@H]1CCN(C2=CC=CC3=NC(CN(C)[C@H]4CCCc5cccnc54)C(CO)N23)C1. The van der Waals surface area contributed by atoms with Crippen molar-refractivity contribution in [3.63, 3.8) is 0 Å². The molecule has 2 unspecified atom stereocenters. The summed E-state index contributed by atoms with van der Waals surface area (Å²) >= 11 is 0. The van der Waals surface area contributed by atoms with Crippen molar-refractivity contribution in [1.82, 2.24) is 25.0 Å². The number of likely N-dealkylation sites (tertiary alicyclic amines) is 1. The first-order chi connectivity index (χ1) is 15.2. The Balaban J connectivity index is 1.33. The number of aryl methyl sites for hydroxylation is 1. The van der Waals surface area contributed by atoms with Crippen LogP contribution in [0.15, 0.2) is 47.4 Å². The largest absolute Gasteiger partial charge is 0.394 e. The van der Waals surface area contributed by atoms with E-state index in [1.807, 2.05) is 19.3 Å². The molecule has 1 aliphatic carbocycles. The van der Waals surface area contributed by atoms with Crippen molar-refractivity contribution in [1.29, 1.82) is 0 Å². The fraction of sp³-hybridized carbons (Fsp3) is 0.583. The van der Waals surface area contributed by atoms with Crippen LogP contribution in [-0.2, 0) is 6.42 Å². The molecule has 1 aromatic rings. The summed E-state index contributed by atoms with van der Waals surface area (Å²) in [5.74, 6) is 2.15. The Morgan fingerprint density at radius 3 is 3.03 bits per heavy atom. The first-order valence-corrected chi connectivity index (χ1v) is 11.6. The van der Waals surface area contributed by atoms with E-state index in [0.717, 1.165) is 44.7 Å². The van der Waals surface area contributed by atoms with Gasteiger partial charge in [0.2, 0.25) is 0 Å². The zero-order valence-corrected chi connectivity index (χ0v) is 18.6. The van der Waals surface area contributed by atoms with E-state index in [0.29, 0.717) is 12.1 Å². The lowest BCUT2D eigenvalue weighted by molar-refractivity contribution is 0.138. The third-order valence-corrected chi connectivity index (χ3v) is 7.34. The van der Waals surface area contributed by atoms with Gasteiger partial charge in [-0.3, -0.25) is 14.9 Å². The number of likely N-dealkylation sites (N-methyl/N-ethyl adjacent to an activating group) is 2. The van der Waals surface area contributed by atoms with Crippen molar-refractivity contribution in [3.05, 3.63) is 53.6 Å². The lowest BCUT2D eigenvalue weighted by atomic mass is 9.90. The molecule has 1 fully saturated rings. The number of pyridine rings is 1. The van der Waals surface area contributed by atoms with E-state index in [2.05, 4.69) is 51.4 Å². The molecule has 31 heavy (non-hydrogen) atoms. The summed E-state index contributed by atoms with van der Waals surface area (Å²) in [5.41, 5.74) is 2.59. The second-order valence-corrected chi connectivity index (χ2v) is 9.17. The minimum Gasteiger partial charge on any atom is -0.394 e. The average Bonchev–Trinajstić information content (AvgIpc) is 3.42. The molecular formula is C24H34N6O. The van der Waals surface area contributed by atoms with Crippen molar-refractivity contribution < 1.29 is 5.11 Å². The molecule has 0 aromatic carbocycles. The van der Waals surface area contributed by atoms with E-state index in [1.165, 1.54) is 23.5 Å². The summed E-state index contributed by atoms with van der Waals surface area (Å²) in [5, 5.41) is 13.8. The molecule has 4 heterocycles. The molecule has 0 saturated carbocycles. The average molecular weight is 423 g/mol. The van der Waals surface area contributed by atoms with Crippen molar-refractivity contribution in [3.8, 4) is 0 Å². The molecule has 0 bridgehead atoms. The van der Waals surface area contributed by atoms with Crippen LogP contribution in [0.2, 0.25) is 0 Å². The molecular weight excluding hydrogens is 388 g/mol. The molecule has 3 aliphatic heterocycles. The number of nitrogens with zero attached hydrogens (tertiary/aromatic N) is 5. The maximum Gasteiger partial charge on any atom is 0.129 e. The topological polar surface area (TPSA) is 67.2 Å². The van der Waals surface area contributed by atoms with E-state index in [1.54, 1.807) is 0 Å². The standard InChI is InChI=1S/C24H34N6O/c1-25-18-11-13-29(14-18)23-10-4-9-22-27-19(21(16-31)30(22)23)15-28(2)20-8-3-6-17-7-5-12-26-24(17)20/h4-5,7,9-10,12,18-21,25,31H,3,6,8,11,13-16H2,1-2H3/t18-,19?,20+,21?/m1/s1. The fourth-order valence-corrected chi connectivity index (χ4v) is 5.64. The first kappa shape index (κ1) is 20.7. The number of hydrogen-bond acceptors (Lipinski definition) is 7. The summed E-state index contributed by atoms with van der Waals surface area (Å²) < 4.78 is 0. The van der Waals surface area contributed by atoms with E-state index in [4.69, 9.17) is 9.98 Å². The second kappa shape index (κ2) is 8.73. The molecule has 7 heteroatoms. The molecule has 7 nitrogen and oxygen atoms in total. The highest BCUT2D eigenvalue weighted by molar-refractivity contribution is 5.97. The number of aliphatic imine (C=N–C) groups is 1. The van der Waals surface area contributed by atoms with Gasteiger partial charge in [-0.2, -0.15) is 0 Å². The van der Waals surface area contributed by atoms with Crippen LogP contribution in [0.1, 0.15) is 36.6 Å². The number of aliphatic hydroxyl groups excluding tert-OH is 1. The summed E-state index contributed by atoms with van der Waals surface area (Å²) in [7, 11) is 4.22. The third-order valence-electron chi connectivity index (χ3n) is 7.34. The molecule has 0 radical (unpaired) electrons. The molecule has 5 rings (SSSR count). The van der Waals surface area contributed by atoms with Gasteiger partial charge in [0.15, 0.2) is 0 Å². The molecule has 166 valence electrons. The van der Waals surface area contributed by atoms with Gasteiger partial charge >= 0.3 is 0 Å². The lowest BCUT2D eigenvalue weighted by Gasteiger charge is -2.38. The van der Waals surface area contributed by atoms with Crippen molar-refractivity contribution in [2.45, 2.75) is 49.9 Å². The minimum atomic E-state index is -0.0333. The first-order valence-electron chi connectivity index (χ1n) is 11.6. The van der Waals surface area contributed by atoms with Crippen LogP contribution in [0.25, 0.3) is 0 Å². The Bertz CT molecular complexity index is 896. The van der Waals surface area contributed by atoms with Gasteiger partial charge in [-0.25, -0.2) is 0 Å². The van der Waals surface area contributed by atoms with Crippen LogP contribution in [0.5, 0.6) is 0 Å². The predicted octanol–water partition coefficient (Wildman–Crippen LogP) is 1.54. The Morgan fingerprint density at radius 2 is 2.23 bits per heavy atom. The van der Waals surface area contributed by atoms with E-state index in [9.17, 15) is 5.11 Å². The number of rotatable bonds is 6. The number of fused-ring (bicyclic) bond motifs is 2. The van der Waals surface area contributed by atoms with Gasteiger partial charge in [0, 0.05) is 31.9 Å². The molecule has 1 saturated heterocycles. The summed E-state index contributed by atoms with van der Waals surface area (Å²) in [6.45, 7) is 2.93. The van der Waals surface area contributed by atoms with Gasteiger partial charge in [0.1, 0.15) is 11.7 Å². The molecule has 0 spiro atoms. The third kappa shape index (κ3) is 3.79. The van der Waals surface area contributed by atoms with Gasteiger partial charge < -0.3 is 20.2 Å². The maximum absolute atomic E-state index is 10.4. The zero-order valence-electron chi connectivity index (χ0n) is 18.6. The van der Waals surface area contributed by atoms with Gasteiger partial charge in [0.25, 0.3) is 0 Å². The highest BCUT2D eigenvalue weighted by Crippen LogP contribution is 2.34. The highest BCUT2D eigenvalue weighted by Gasteiger charge is 2.41. The number of hydrogen-bond donors (Lipinski definition) is 2. The van der Waals surface area contributed by atoms with Crippen molar-refractivity contribution >= 4 is 5.84 Å². The van der Waals surface area contributed by atoms with Gasteiger partial charge in [-0.15, -0.1) is 0 Å².